The van der Waals surface area contributed by atoms with Gasteiger partial charge in [0.2, 0.25) is 11.6 Å². The molecule has 0 saturated carbocycles. The van der Waals surface area contributed by atoms with Crippen molar-refractivity contribution < 1.29 is 19.8 Å². The lowest BCUT2D eigenvalue weighted by Gasteiger charge is -2.19. The number of rotatable bonds is 3. The molecule has 1 atom stereocenters. The molecule has 1 aliphatic carbocycles. The van der Waals surface area contributed by atoms with Crippen LogP contribution in [0.1, 0.15) is 29.3 Å². The average molecular weight is 258 g/mol. The second kappa shape index (κ2) is 4.82. The number of hydrogen-bond acceptors (Lipinski definition) is 4. The number of Topliss-reactive ketones (excluding diaryl/α,β-unsaturated/α-hetero) is 2. The topological polar surface area (TPSA) is 74.6 Å². The number of carbonyl (C=O) groups is 2. The Labute approximate surface area is 110 Å². The first-order valence-electron chi connectivity index (χ1n) is 5.87. The van der Waals surface area contributed by atoms with Crippen molar-refractivity contribution in [2.24, 2.45) is 0 Å². The summed E-state index contributed by atoms with van der Waals surface area (Å²) in [4.78, 5) is 23.9. The van der Waals surface area contributed by atoms with E-state index in [2.05, 4.69) is 6.58 Å². The summed E-state index contributed by atoms with van der Waals surface area (Å²) in [6.07, 6.45) is -1.07. The smallest absolute Gasteiger partial charge is 0.234 e. The van der Waals surface area contributed by atoms with Gasteiger partial charge in [-0.1, -0.05) is 36.4 Å². The highest BCUT2D eigenvalue weighted by molar-refractivity contribution is 6.52. The lowest BCUT2D eigenvalue weighted by Crippen LogP contribution is -2.26. The van der Waals surface area contributed by atoms with Crippen LogP contribution in [0.25, 0.3) is 5.76 Å². The van der Waals surface area contributed by atoms with Gasteiger partial charge in [0.1, 0.15) is 5.76 Å². The Morgan fingerprint density at radius 2 is 1.79 bits per heavy atom. The van der Waals surface area contributed by atoms with Crippen molar-refractivity contribution in [3.8, 4) is 0 Å². The number of aliphatic hydroxyl groups excluding tert-OH is 2. The summed E-state index contributed by atoms with van der Waals surface area (Å²) in [5.74, 6) is -1.66. The molecule has 1 aromatic carbocycles. The molecule has 0 aromatic heterocycles. The van der Waals surface area contributed by atoms with E-state index in [0.29, 0.717) is 11.1 Å². The number of ketones is 2. The highest BCUT2D eigenvalue weighted by Gasteiger charge is 2.33. The summed E-state index contributed by atoms with van der Waals surface area (Å²) in [6.45, 7) is 5.20. The maximum atomic E-state index is 11.9. The van der Waals surface area contributed by atoms with Gasteiger partial charge in [0.05, 0.1) is 6.10 Å². The SMILES string of the molecule is C=C(C)C(O)CC1=C(O)c2ccccc2C(=O)C1=O. The first-order valence-corrected chi connectivity index (χ1v) is 5.87. The van der Waals surface area contributed by atoms with Crippen molar-refractivity contribution in [3.05, 3.63) is 53.1 Å². The van der Waals surface area contributed by atoms with E-state index in [4.69, 9.17) is 0 Å². The van der Waals surface area contributed by atoms with E-state index in [1.165, 1.54) is 6.07 Å². The van der Waals surface area contributed by atoms with Crippen LogP contribution in [0.2, 0.25) is 0 Å². The van der Waals surface area contributed by atoms with Crippen LogP contribution in [0.15, 0.2) is 42.0 Å². The third kappa shape index (κ3) is 2.22. The van der Waals surface area contributed by atoms with Gasteiger partial charge in [-0.15, -0.1) is 0 Å². The normalized spacial score (nSPS) is 16.3. The third-order valence-corrected chi connectivity index (χ3v) is 3.16. The van der Waals surface area contributed by atoms with Crippen LogP contribution < -0.4 is 0 Å². The molecule has 0 aliphatic heterocycles. The number of aliphatic hydroxyl groups is 2. The van der Waals surface area contributed by atoms with Crippen LogP contribution in [0, 0.1) is 0 Å². The van der Waals surface area contributed by atoms with Gasteiger partial charge in [-0.25, -0.2) is 0 Å². The van der Waals surface area contributed by atoms with Crippen molar-refractivity contribution in [2.75, 3.05) is 0 Å². The quantitative estimate of drug-likeness (QED) is 0.642. The monoisotopic (exact) mass is 258 g/mol. The van der Waals surface area contributed by atoms with E-state index in [0.717, 1.165) is 0 Å². The highest BCUT2D eigenvalue weighted by Crippen LogP contribution is 2.30. The van der Waals surface area contributed by atoms with Crippen LogP contribution >= 0.6 is 0 Å². The van der Waals surface area contributed by atoms with Crippen LogP contribution in [0.3, 0.4) is 0 Å². The molecule has 1 unspecified atom stereocenters. The Morgan fingerprint density at radius 1 is 1.21 bits per heavy atom. The Hall–Kier alpha value is -2.20. The Morgan fingerprint density at radius 3 is 2.37 bits per heavy atom. The molecule has 1 aliphatic rings. The molecule has 0 bridgehead atoms. The zero-order chi connectivity index (χ0) is 14.2. The number of fused-ring (bicyclic) bond motifs is 1. The summed E-state index contributed by atoms with van der Waals surface area (Å²) >= 11 is 0. The molecule has 1 aromatic rings. The van der Waals surface area contributed by atoms with Gasteiger partial charge in [0, 0.05) is 23.1 Å². The fourth-order valence-corrected chi connectivity index (χ4v) is 1.97. The van der Waals surface area contributed by atoms with E-state index >= 15 is 0 Å². The van der Waals surface area contributed by atoms with Crippen LogP contribution in [-0.2, 0) is 4.79 Å². The predicted molar refractivity (Wildman–Crippen MR) is 70.8 cm³/mol. The fraction of sp³-hybridized carbons (Fsp3) is 0.200. The van der Waals surface area contributed by atoms with E-state index < -0.39 is 17.7 Å². The molecule has 0 amide bonds. The summed E-state index contributed by atoms with van der Waals surface area (Å²) in [7, 11) is 0. The molecule has 0 heterocycles. The summed E-state index contributed by atoms with van der Waals surface area (Å²) in [5.41, 5.74) is 0.938. The molecule has 2 rings (SSSR count). The summed E-state index contributed by atoms with van der Waals surface area (Å²) in [6, 6.07) is 6.37. The van der Waals surface area contributed by atoms with E-state index in [1.54, 1.807) is 25.1 Å². The largest absolute Gasteiger partial charge is 0.507 e. The van der Waals surface area contributed by atoms with Gasteiger partial charge < -0.3 is 10.2 Å². The molecular formula is C15H14O4. The van der Waals surface area contributed by atoms with E-state index in [-0.39, 0.29) is 23.3 Å². The molecule has 4 nitrogen and oxygen atoms in total. The molecule has 98 valence electrons. The van der Waals surface area contributed by atoms with Crippen LogP contribution in [0.4, 0.5) is 0 Å². The van der Waals surface area contributed by atoms with Crippen LogP contribution in [-0.4, -0.2) is 27.9 Å². The Bertz CT molecular complexity index is 610. The third-order valence-electron chi connectivity index (χ3n) is 3.16. The molecule has 0 saturated heterocycles. The lowest BCUT2D eigenvalue weighted by atomic mass is 9.85. The van der Waals surface area contributed by atoms with Crippen molar-refractivity contribution in [1.29, 1.82) is 0 Å². The van der Waals surface area contributed by atoms with Gasteiger partial charge in [0.25, 0.3) is 0 Å². The molecule has 4 heteroatoms. The minimum absolute atomic E-state index is 0.0563. The number of carbonyl (C=O) groups excluding carboxylic acids is 2. The fourth-order valence-electron chi connectivity index (χ4n) is 1.97. The van der Waals surface area contributed by atoms with Crippen molar-refractivity contribution in [1.82, 2.24) is 0 Å². The molecule has 19 heavy (non-hydrogen) atoms. The van der Waals surface area contributed by atoms with Crippen molar-refractivity contribution >= 4 is 17.3 Å². The molecule has 0 radical (unpaired) electrons. The van der Waals surface area contributed by atoms with Crippen LogP contribution in [0.5, 0.6) is 0 Å². The lowest BCUT2D eigenvalue weighted by molar-refractivity contribution is -0.112. The first kappa shape index (κ1) is 13.2. The summed E-state index contributed by atoms with van der Waals surface area (Å²) in [5, 5.41) is 19.8. The maximum absolute atomic E-state index is 11.9. The second-order valence-electron chi connectivity index (χ2n) is 4.60. The average Bonchev–Trinajstić information content (AvgIpc) is 2.40. The minimum Gasteiger partial charge on any atom is -0.507 e. The first-order chi connectivity index (χ1) is 8.93. The van der Waals surface area contributed by atoms with Gasteiger partial charge in [0.15, 0.2) is 0 Å². The molecular weight excluding hydrogens is 244 g/mol. The van der Waals surface area contributed by atoms with E-state index in [9.17, 15) is 19.8 Å². The number of benzene rings is 1. The van der Waals surface area contributed by atoms with Crippen molar-refractivity contribution in [2.45, 2.75) is 19.4 Å². The molecule has 2 N–H and O–H groups in total. The number of hydrogen-bond donors (Lipinski definition) is 2. The van der Waals surface area contributed by atoms with Gasteiger partial charge >= 0.3 is 0 Å². The highest BCUT2D eigenvalue weighted by atomic mass is 16.3. The zero-order valence-corrected chi connectivity index (χ0v) is 10.5. The minimum atomic E-state index is -0.959. The van der Waals surface area contributed by atoms with Gasteiger partial charge in [-0.05, 0) is 6.92 Å². The van der Waals surface area contributed by atoms with Gasteiger partial charge in [-0.3, -0.25) is 9.59 Å². The maximum Gasteiger partial charge on any atom is 0.234 e. The Kier molecular flexibility index (Phi) is 3.36. The van der Waals surface area contributed by atoms with Crippen molar-refractivity contribution in [3.63, 3.8) is 0 Å². The Balaban J connectivity index is 2.51. The second-order valence-corrected chi connectivity index (χ2v) is 4.60. The van der Waals surface area contributed by atoms with Gasteiger partial charge in [-0.2, -0.15) is 0 Å². The molecule has 0 spiro atoms. The molecule has 0 fully saturated rings. The zero-order valence-electron chi connectivity index (χ0n) is 10.5. The van der Waals surface area contributed by atoms with E-state index in [1.807, 2.05) is 0 Å². The standard InChI is InChI=1S/C15H14O4/c1-8(2)12(16)7-11-13(17)9-5-3-4-6-10(9)14(18)15(11)19/h3-6,12,16-17H,1,7H2,2H3. The summed E-state index contributed by atoms with van der Waals surface area (Å²) < 4.78 is 0. The predicted octanol–water partition coefficient (Wildman–Crippen LogP) is 2.05.